The van der Waals surface area contributed by atoms with Crippen LogP contribution in [0.2, 0.25) is 0 Å². The Morgan fingerprint density at radius 3 is 2.46 bits per heavy atom. The first kappa shape index (κ1) is 19.0. The molecule has 144 valence electrons. The monoisotopic (exact) mass is 382 g/mol. The van der Waals surface area contributed by atoms with Crippen LogP contribution in [0.1, 0.15) is 32.6 Å². The molecule has 1 amide bonds. The van der Waals surface area contributed by atoms with E-state index in [-0.39, 0.29) is 10.8 Å². The zero-order valence-corrected chi connectivity index (χ0v) is 16.0. The fraction of sp³-hybridized carbons (Fsp3) is 0.611. The van der Waals surface area contributed by atoms with Gasteiger partial charge in [0.15, 0.2) is 11.5 Å². The van der Waals surface area contributed by atoms with Gasteiger partial charge < -0.3 is 14.4 Å². The molecule has 2 aliphatic rings. The molecule has 2 heterocycles. The van der Waals surface area contributed by atoms with Gasteiger partial charge in [0.05, 0.1) is 18.1 Å². The highest BCUT2D eigenvalue weighted by molar-refractivity contribution is 7.89. The Kier molecular flexibility index (Phi) is 6.03. The predicted octanol–water partition coefficient (Wildman–Crippen LogP) is 1.87. The number of rotatable bonds is 5. The second-order valence-electron chi connectivity index (χ2n) is 6.55. The van der Waals surface area contributed by atoms with Crippen LogP contribution in [-0.2, 0) is 14.8 Å². The van der Waals surface area contributed by atoms with Crippen molar-refractivity contribution >= 4 is 15.9 Å². The Hall–Kier alpha value is -1.80. The number of carbonyl (C=O) groups is 1. The van der Waals surface area contributed by atoms with Crippen molar-refractivity contribution < 1.29 is 22.7 Å². The van der Waals surface area contributed by atoms with Crippen LogP contribution in [0.15, 0.2) is 23.1 Å². The van der Waals surface area contributed by atoms with Crippen LogP contribution in [0, 0.1) is 0 Å². The number of nitrogens with zero attached hydrogens (tertiary/aromatic N) is 2. The molecule has 2 aliphatic heterocycles. The Bertz CT molecular complexity index is 742. The Balaban J connectivity index is 1.68. The average Bonchev–Trinajstić information content (AvgIpc) is 2.91. The van der Waals surface area contributed by atoms with Crippen molar-refractivity contribution in [1.29, 1.82) is 0 Å². The Morgan fingerprint density at radius 1 is 1.08 bits per heavy atom. The minimum absolute atomic E-state index is 0.111. The molecule has 1 fully saturated rings. The quantitative estimate of drug-likeness (QED) is 0.777. The van der Waals surface area contributed by atoms with Crippen LogP contribution in [0.25, 0.3) is 0 Å². The van der Waals surface area contributed by atoms with Crippen molar-refractivity contribution in [2.45, 2.75) is 37.5 Å². The number of unbranched alkanes of at least 4 members (excludes halogenated alkanes) is 1. The molecule has 0 aromatic heterocycles. The molecule has 26 heavy (non-hydrogen) atoms. The normalized spacial score (nSPS) is 18.4. The van der Waals surface area contributed by atoms with Crippen LogP contribution in [0.4, 0.5) is 0 Å². The third-order valence-corrected chi connectivity index (χ3v) is 6.59. The third kappa shape index (κ3) is 4.12. The molecule has 1 saturated heterocycles. The molecular weight excluding hydrogens is 356 g/mol. The number of hydrogen-bond acceptors (Lipinski definition) is 5. The molecule has 1 aromatic rings. The van der Waals surface area contributed by atoms with E-state index in [0.717, 1.165) is 19.3 Å². The second kappa shape index (κ2) is 8.26. The predicted molar refractivity (Wildman–Crippen MR) is 96.9 cm³/mol. The van der Waals surface area contributed by atoms with Crippen molar-refractivity contribution in [3.8, 4) is 11.5 Å². The molecule has 7 nitrogen and oxygen atoms in total. The highest BCUT2D eigenvalue weighted by Gasteiger charge is 2.30. The molecule has 0 saturated carbocycles. The Labute approximate surface area is 154 Å². The summed E-state index contributed by atoms with van der Waals surface area (Å²) in [5.74, 6) is 1.16. The number of benzene rings is 1. The molecular formula is C18H26N2O5S. The van der Waals surface area contributed by atoms with Crippen LogP contribution in [0.5, 0.6) is 11.5 Å². The summed E-state index contributed by atoms with van der Waals surface area (Å²) < 4.78 is 38.5. The fourth-order valence-electron chi connectivity index (χ4n) is 3.12. The number of sulfonamides is 1. The smallest absolute Gasteiger partial charge is 0.243 e. The summed E-state index contributed by atoms with van der Waals surface area (Å²) in [6.07, 6.45) is 3.15. The van der Waals surface area contributed by atoms with E-state index in [1.165, 1.54) is 10.4 Å². The molecule has 0 atom stereocenters. The first-order valence-electron chi connectivity index (χ1n) is 9.20. The van der Waals surface area contributed by atoms with Crippen molar-refractivity contribution in [2.24, 2.45) is 0 Å². The van der Waals surface area contributed by atoms with E-state index >= 15 is 0 Å². The summed E-state index contributed by atoms with van der Waals surface area (Å²) >= 11 is 0. The number of carbonyl (C=O) groups excluding carboxylic acids is 1. The van der Waals surface area contributed by atoms with Crippen molar-refractivity contribution in [3.63, 3.8) is 0 Å². The standard InChI is InChI=1S/C18H26N2O5S/c1-2-3-5-18(21)19-8-10-20(11-9-19)26(22,23)15-6-7-16-17(14-15)25-13-4-12-24-16/h6-7,14H,2-5,8-13H2,1H3. The van der Waals surface area contributed by atoms with Gasteiger partial charge in [0.1, 0.15) is 0 Å². The van der Waals surface area contributed by atoms with Crippen LogP contribution < -0.4 is 9.47 Å². The number of piperazine rings is 1. The maximum Gasteiger partial charge on any atom is 0.243 e. The summed E-state index contributed by atoms with van der Waals surface area (Å²) in [6.45, 7) is 4.62. The number of hydrogen-bond donors (Lipinski definition) is 0. The topological polar surface area (TPSA) is 76.2 Å². The zero-order valence-electron chi connectivity index (χ0n) is 15.1. The van der Waals surface area contributed by atoms with Gasteiger partial charge in [-0.1, -0.05) is 13.3 Å². The first-order chi connectivity index (χ1) is 12.5. The lowest BCUT2D eigenvalue weighted by molar-refractivity contribution is -0.132. The van der Waals surface area contributed by atoms with Gasteiger partial charge in [0, 0.05) is 45.1 Å². The molecule has 3 rings (SSSR count). The molecule has 0 aliphatic carbocycles. The van der Waals surface area contributed by atoms with Crippen LogP contribution in [0.3, 0.4) is 0 Å². The zero-order chi connectivity index (χ0) is 18.6. The second-order valence-corrected chi connectivity index (χ2v) is 8.49. The van der Waals surface area contributed by atoms with Gasteiger partial charge in [0.2, 0.25) is 15.9 Å². The lowest BCUT2D eigenvalue weighted by Gasteiger charge is -2.34. The molecule has 0 spiro atoms. The summed E-state index contributed by atoms with van der Waals surface area (Å²) in [7, 11) is -3.61. The molecule has 0 N–H and O–H groups in total. The van der Waals surface area contributed by atoms with E-state index in [0.29, 0.717) is 57.3 Å². The molecule has 0 bridgehead atoms. The third-order valence-electron chi connectivity index (χ3n) is 4.69. The van der Waals surface area contributed by atoms with Crippen LogP contribution in [-0.4, -0.2) is 62.9 Å². The van der Waals surface area contributed by atoms with E-state index in [2.05, 4.69) is 0 Å². The maximum absolute atomic E-state index is 12.9. The Morgan fingerprint density at radius 2 is 1.77 bits per heavy atom. The van der Waals surface area contributed by atoms with Gasteiger partial charge in [0.25, 0.3) is 0 Å². The van der Waals surface area contributed by atoms with Gasteiger partial charge in [-0.05, 0) is 18.6 Å². The number of amides is 1. The lowest BCUT2D eigenvalue weighted by atomic mass is 10.2. The summed E-state index contributed by atoms with van der Waals surface area (Å²) in [6, 6.07) is 4.74. The van der Waals surface area contributed by atoms with Crippen molar-refractivity contribution in [1.82, 2.24) is 9.21 Å². The van der Waals surface area contributed by atoms with E-state index in [1.54, 1.807) is 17.0 Å². The maximum atomic E-state index is 12.9. The van der Waals surface area contributed by atoms with Gasteiger partial charge in [-0.2, -0.15) is 4.31 Å². The summed E-state index contributed by atoms with van der Waals surface area (Å²) in [5.41, 5.74) is 0. The average molecular weight is 382 g/mol. The van der Waals surface area contributed by atoms with Crippen molar-refractivity contribution in [2.75, 3.05) is 39.4 Å². The van der Waals surface area contributed by atoms with Gasteiger partial charge >= 0.3 is 0 Å². The van der Waals surface area contributed by atoms with Gasteiger partial charge in [-0.15, -0.1) is 0 Å². The van der Waals surface area contributed by atoms with E-state index < -0.39 is 10.0 Å². The van der Waals surface area contributed by atoms with Gasteiger partial charge in [-0.3, -0.25) is 4.79 Å². The van der Waals surface area contributed by atoms with E-state index in [9.17, 15) is 13.2 Å². The van der Waals surface area contributed by atoms with Crippen LogP contribution >= 0.6 is 0 Å². The molecule has 0 radical (unpaired) electrons. The van der Waals surface area contributed by atoms with E-state index in [1.807, 2.05) is 6.92 Å². The highest BCUT2D eigenvalue weighted by Crippen LogP contribution is 2.33. The largest absolute Gasteiger partial charge is 0.490 e. The molecule has 8 heteroatoms. The number of fused-ring (bicyclic) bond motifs is 1. The minimum Gasteiger partial charge on any atom is -0.490 e. The SMILES string of the molecule is CCCCC(=O)N1CCN(S(=O)(=O)c2ccc3c(c2)OCCCO3)CC1. The van der Waals surface area contributed by atoms with Gasteiger partial charge in [-0.25, -0.2) is 8.42 Å². The highest BCUT2D eigenvalue weighted by atomic mass is 32.2. The summed E-state index contributed by atoms with van der Waals surface area (Å²) in [5, 5.41) is 0. The first-order valence-corrected chi connectivity index (χ1v) is 10.6. The lowest BCUT2D eigenvalue weighted by Crippen LogP contribution is -2.50. The molecule has 1 aromatic carbocycles. The molecule has 0 unspecified atom stereocenters. The van der Waals surface area contributed by atoms with Crippen molar-refractivity contribution in [3.05, 3.63) is 18.2 Å². The minimum atomic E-state index is -3.61. The van der Waals surface area contributed by atoms with E-state index in [4.69, 9.17) is 9.47 Å². The summed E-state index contributed by atoms with van der Waals surface area (Å²) in [4.78, 5) is 14.1. The fourth-order valence-corrected chi connectivity index (χ4v) is 4.56. The number of ether oxygens (including phenoxy) is 2.